The van der Waals surface area contributed by atoms with Crippen molar-refractivity contribution >= 4 is 17.5 Å². The van der Waals surface area contributed by atoms with Crippen LogP contribution in [0.1, 0.15) is 25.7 Å². The Hall–Kier alpha value is -0.830. The monoisotopic (exact) mass is 224 g/mol. The highest BCUT2D eigenvalue weighted by Crippen LogP contribution is 2.31. The smallest absolute Gasteiger partial charge is 0.146 e. The predicted molar refractivity (Wildman–Crippen MR) is 59.5 cm³/mol. The van der Waals surface area contributed by atoms with Crippen LogP contribution in [-0.4, -0.2) is 11.0 Å². The molecule has 0 saturated heterocycles. The number of hydrogen-bond donors (Lipinski definition) is 0. The second-order valence-corrected chi connectivity index (χ2v) is 5.05. The summed E-state index contributed by atoms with van der Waals surface area (Å²) in [4.78, 5) is 12.6. The van der Waals surface area contributed by atoms with E-state index in [4.69, 9.17) is 0 Å². The fourth-order valence-electron chi connectivity index (χ4n) is 1.75. The first-order chi connectivity index (χ1) is 7.25. The molecule has 0 bridgehead atoms. The van der Waals surface area contributed by atoms with E-state index < -0.39 is 0 Å². The molecule has 1 aromatic carbocycles. The van der Waals surface area contributed by atoms with Crippen molar-refractivity contribution in [2.24, 2.45) is 0 Å². The topological polar surface area (TPSA) is 17.1 Å². The summed E-state index contributed by atoms with van der Waals surface area (Å²) in [7, 11) is 0. The molecule has 0 spiro atoms. The van der Waals surface area contributed by atoms with Crippen LogP contribution in [0, 0.1) is 5.82 Å². The van der Waals surface area contributed by atoms with Crippen LogP contribution in [0.2, 0.25) is 0 Å². The molecule has 0 aliphatic heterocycles. The Kier molecular flexibility index (Phi) is 3.41. The third-order valence-corrected chi connectivity index (χ3v) is 3.92. The van der Waals surface area contributed by atoms with Crippen molar-refractivity contribution in [1.29, 1.82) is 0 Å². The van der Waals surface area contributed by atoms with E-state index in [2.05, 4.69) is 0 Å². The van der Waals surface area contributed by atoms with Crippen molar-refractivity contribution < 1.29 is 9.18 Å². The van der Waals surface area contributed by atoms with Crippen LogP contribution in [0.3, 0.4) is 0 Å². The van der Waals surface area contributed by atoms with E-state index in [1.807, 2.05) is 0 Å². The van der Waals surface area contributed by atoms with Gasteiger partial charge in [-0.2, -0.15) is 0 Å². The molecule has 0 radical (unpaired) electrons. The van der Waals surface area contributed by atoms with Gasteiger partial charge >= 0.3 is 0 Å². The Balaban J connectivity index is 2.01. The molecule has 0 N–H and O–H groups in total. The Morgan fingerprint density at radius 1 is 1.20 bits per heavy atom. The van der Waals surface area contributed by atoms with Crippen molar-refractivity contribution in [2.45, 2.75) is 35.8 Å². The summed E-state index contributed by atoms with van der Waals surface area (Å²) in [5, 5.41) is 0.0872. The number of carbonyl (C=O) groups excluding carboxylic acids is 1. The molecule has 1 atom stereocenters. The van der Waals surface area contributed by atoms with Crippen molar-refractivity contribution in [2.75, 3.05) is 0 Å². The van der Waals surface area contributed by atoms with E-state index in [0.717, 1.165) is 24.2 Å². The molecule has 1 aliphatic rings. The average Bonchev–Trinajstić information content (AvgIpc) is 2.25. The second-order valence-electron chi connectivity index (χ2n) is 3.77. The zero-order valence-electron chi connectivity index (χ0n) is 8.41. The maximum Gasteiger partial charge on any atom is 0.146 e. The summed E-state index contributed by atoms with van der Waals surface area (Å²) >= 11 is 1.57. The normalized spacial score (nSPS) is 21.7. The van der Waals surface area contributed by atoms with E-state index >= 15 is 0 Å². The first-order valence-corrected chi connectivity index (χ1v) is 6.08. The van der Waals surface area contributed by atoms with Crippen LogP contribution in [0.15, 0.2) is 29.2 Å². The average molecular weight is 224 g/mol. The minimum Gasteiger partial charge on any atom is -0.298 e. The molecule has 0 aromatic heterocycles. The Labute approximate surface area is 93.1 Å². The minimum absolute atomic E-state index is 0.0872. The van der Waals surface area contributed by atoms with Gasteiger partial charge in [-0.3, -0.25) is 4.79 Å². The third-order valence-electron chi connectivity index (χ3n) is 2.59. The van der Waals surface area contributed by atoms with E-state index in [1.165, 1.54) is 12.1 Å². The zero-order chi connectivity index (χ0) is 10.7. The second kappa shape index (κ2) is 4.79. The maximum atomic E-state index is 12.7. The largest absolute Gasteiger partial charge is 0.298 e. The van der Waals surface area contributed by atoms with E-state index in [-0.39, 0.29) is 11.1 Å². The Morgan fingerprint density at radius 2 is 1.93 bits per heavy atom. The third kappa shape index (κ3) is 2.81. The highest BCUT2D eigenvalue weighted by Gasteiger charge is 2.22. The number of Topliss-reactive ketones (excluding diaryl/α,β-unsaturated/α-hetero) is 1. The molecule has 15 heavy (non-hydrogen) atoms. The van der Waals surface area contributed by atoms with Crippen molar-refractivity contribution in [3.63, 3.8) is 0 Å². The van der Waals surface area contributed by atoms with Crippen LogP contribution in [0.4, 0.5) is 4.39 Å². The molecule has 0 heterocycles. The van der Waals surface area contributed by atoms with Crippen molar-refractivity contribution in [1.82, 2.24) is 0 Å². The number of halogens is 1. The highest BCUT2D eigenvalue weighted by molar-refractivity contribution is 8.00. The highest BCUT2D eigenvalue weighted by atomic mass is 32.2. The lowest BCUT2D eigenvalue weighted by Crippen LogP contribution is -2.21. The van der Waals surface area contributed by atoms with Crippen LogP contribution in [0.5, 0.6) is 0 Å². The van der Waals surface area contributed by atoms with Crippen molar-refractivity contribution in [3.8, 4) is 0 Å². The molecule has 3 heteroatoms. The van der Waals surface area contributed by atoms with Gasteiger partial charge in [0.1, 0.15) is 11.6 Å². The number of hydrogen-bond acceptors (Lipinski definition) is 2. The first-order valence-electron chi connectivity index (χ1n) is 5.20. The maximum absolute atomic E-state index is 12.7. The number of benzene rings is 1. The lowest BCUT2D eigenvalue weighted by atomic mass is 9.99. The van der Waals surface area contributed by atoms with E-state index in [0.29, 0.717) is 12.2 Å². The molecule has 1 saturated carbocycles. The van der Waals surface area contributed by atoms with Gasteiger partial charge in [0.05, 0.1) is 5.25 Å². The first kappa shape index (κ1) is 10.7. The summed E-state index contributed by atoms with van der Waals surface area (Å²) in [6.07, 6.45) is 3.82. The van der Waals surface area contributed by atoms with Gasteiger partial charge in [-0.25, -0.2) is 4.39 Å². The number of carbonyl (C=O) groups is 1. The lowest BCUT2D eigenvalue weighted by Gasteiger charge is -2.19. The quantitative estimate of drug-likeness (QED) is 0.765. The SMILES string of the molecule is O=C1CCCC[C@H]1Sc1ccc(F)cc1. The van der Waals surface area contributed by atoms with Crippen LogP contribution < -0.4 is 0 Å². The molecule has 2 rings (SSSR count). The van der Waals surface area contributed by atoms with Gasteiger partial charge in [-0.05, 0) is 37.1 Å². The molecule has 0 amide bonds. The molecule has 1 aliphatic carbocycles. The molecule has 1 nitrogen and oxygen atoms in total. The number of rotatable bonds is 2. The van der Waals surface area contributed by atoms with Crippen LogP contribution in [0.25, 0.3) is 0 Å². The van der Waals surface area contributed by atoms with Gasteiger partial charge in [0.25, 0.3) is 0 Å². The van der Waals surface area contributed by atoms with Gasteiger partial charge in [0.2, 0.25) is 0 Å². The van der Waals surface area contributed by atoms with E-state index in [9.17, 15) is 9.18 Å². The molecular formula is C12H13FOS. The lowest BCUT2D eigenvalue weighted by molar-refractivity contribution is -0.119. The van der Waals surface area contributed by atoms with Crippen LogP contribution in [-0.2, 0) is 4.79 Å². The van der Waals surface area contributed by atoms with Crippen molar-refractivity contribution in [3.05, 3.63) is 30.1 Å². The summed E-state index contributed by atoms with van der Waals surface area (Å²) in [6.45, 7) is 0. The number of ketones is 1. The minimum atomic E-state index is -0.227. The Morgan fingerprint density at radius 3 is 2.60 bits per heavy atom. The molecule has 0 unspecified atom stereocenters. The van der Waals surface area contributed by atoms with E-state index in [1.54, 1.807) is 23.9 Å². The number of thioether (sulfide) groups is 1. The Bertz CT molecular complexity index is 347. The molecule has 1 fully saturated rings. The fraction of sp³-hybridized carbons (Fsp3) is 0.417. The summed E-state index contributed by atoms with van der Waals surface area (Å²) in [6, 6.07) is 6.36. The van der Waals surface area contributed by atoms with Gasteiger partial charge in [-0.1, -0.05) is 6.42 Å². The van der Waals surface area contributed by atoms with Gasteiger partial charge in [0.15, 0.2) is 0 Å². The summed E-state index contributed by atoms with van der Waals surface area (Å²) in [5.74, 6) is 0.116. The van der Waals surface area contributed by atoms with Gasteiger partial charge in [0, 0.05) is 11.3 Å². The molecular weight excluding hydrogens is 211 g/mol. The zero-order valence-corrected chi connectivity index (χ0v) is 9.23. The standard InChI is InChI=1S/C12H13FOS/c13-9-5-7-10(8-6-9)15-12-4-2-1-3-11(12)14/h5-8,12H,1-4H2/t12-/m1/s1. The molecule has 1 aromatic rings. The van der Waals surface area contributed by atoms with Gasteiger partial charge in [-0.15, -0.1) is 11.8 Å². The summed E-state index contributed by atoms with van der Waals surface area (Å²) < 4.78 is 12.7. The summed E-state index contributed by atoms with van der Waals surface area (Å²) in [5.41, 5.74) is 0. The fourth-order valence-corrected chi connectivity index (χ4v) is 2.91. The van der Waals surface area contributed by atoms with Gasteiger partial charge < -0.3 is 0 Å². The predicted octanol–water partition coefficient (Wildman–Crippen LogP) is 3.43. The van der Waals surface area contributed by atoms with Crippen LogP contribution >= 0.6 is 11.8 Å². The molecule has 80 valence electrons.